The van der Waals surface area contributed by atoms with Gasteiger partial charge in [0.15, 0.2) is 0 Å². The average molecular weight is 395 g/mol. The Morgan fingerprint density at radius 2 is 1.66 bits per heavy atom. The van der Waals surface area contributed by atoms with E-state index in [0.29, 0.717) is 11.1 Å². The van der Waals surface area contributed by atoms with Gasteiger partial charge in [-0.1, -0.05) is 42.5 Å². The fourth-order valence-corrected chi connectivity index (χ4v) is 5.45. The van der Waals surface area contributed by atoms with Gasteiger partial charge in [-0.15, -0.1) is 11.3 Å². The summed E-state index contributed by atoms with van der Waals surface area (Å²) in [6.07, 6.45) is 0. The van der Waals surface area contributed by atoms with E-state index in [1.807, 2.05) is 30.3 Å². The molecule has 2 aromatic heterocycles. The molecule has 29 heavy (non-hydrogen) atoms. The second-order valence-electron chi connectivity index (χ2n) is 7.43. The summed E-state index contributed by atoms with van der Waals surface area (Å²) in [4.78, 5) is 15.6. The van der Waals surface area contributed by atoms with E-state index in [4.69, 9.17) is 4.42 Å². The van der Waals surface area contributed by atoms with Gasteiger partial charge in [-0.3, -0.25) is 0 Å². The smallest absolute Gasteiger partial charge is 0.342 e. The highest BCUT2D eigenvalue weighted by Crippen LogP contribution is 2.49. The summed E-state index contributed by atoms with van der Waals surface area (Å²) in [5.41, 5.74) is 4.06. The molecule has 5 aromatic rings. The van der Waals surface area contributed by atoms with Gasteiger partial charge < -0.3 is 9.73 Å². The van der Waals surface area contributed by atoms with Crippen LogP contribution < -0.4 is 10.9 Å². The second kappa shape index (κ2) is 6.06. The molecule has 0 aliphatic carbocycles. The zero-order chi connectivity index (χ0) is 19.5. The third kappa shape index (κ3) is 2.39. The number of hydrogen-bond donors (Lipinski definition) is 1. The summed E-state index contributed by atoms with van der Waals surface area (Å²) < 4.78 is 5.75. The first-order chi connectivity index (χ1) is 14.2. The lowest BCUT2D eigenvalue weighted by Crippen LogP contribution is -2.22. The van der Waals surface area contributed by atoms with Crippen molar-refractivity contribution in [3.05, 3.63) is 104 Å². The van der Waals surface area contributed by atoms with Gasteiger partial charge in [0.1, 0.15) is 5.58 Å². The van der Waals surface area contributed by atoms with Crippen molar-refractivity contribution in [3.8, 4) is 0 Å². The van der Waals surface area contributed by atoms with Crippen LogP contribution in [0.3, 0.4) is 0 Å². The van der Waals surface area contributed by atoms with Crippen LogP contribution in [0.1, 0.15) is 26.8 Å². The molecule has 0 radical (unpaired) electrons. The lowest BCUT2D eigenvalue weighted by Gasteiger charge is -2.29. The molecule has 0 spiro atoms. The Morgan fingerprint density at radius 3 is 2.48 bits per heavy atom. The van der Waals surface area contributed by atoms with Gasteiger partial charge >= 0.3 is 5.63 Å². The molecule has 1 N–H and O–H groups in total. The molecule has 0 bridgehead atoms. The number of nitrogens with one attached hydrogen (secondary N) is 1. The molecular weight excluding hydrogens is 378 g/mol. The topological polar surface area (TPSA) is 42.2 Å². The molecule has 4 heteroatoms. The molecule has 6 rings (SSSR count). The van der Waals surface area contributed by atoms with Crippen molar-refractivity contribution in [1.82, 2.24) is 0 Å². The number of hydrogen-bond acceptors (Lipinski definition) is 4. The molecule has 1 aliphatic heterocycles. The van der Waals surface area contributed by atoms with E-state index in [1.165, 1.54) is 10.3 Å². The Labute approximate surface area is 171 Å². The predicted molar refractivity (Wildman–Crippen MR) is 120 cm³/mol. The number of aryl methyl sites for hydroxylation is 1. The van der Waals surface area contributed by atoms with Crippen LogP contribution in [0.4, 0.5) is 11.4 Å². The monoisotopic (exact) mass is 395 g/mol. The molecule has 1 aliphatic rings. The van der Waals surface area contributed by atoms with Crippen LogP contribution in [0.2, 0.25) is 0 Å². The Balaban J connectivity index is 1.77. The number of benzene rings is 3. The molecule has 0 fully saturated rings. The minimum atomic E-state index is -0.277. The van der Waals surface area contributed by atoms with Crippen molar-refractivity contribution in [2.45, 2.75) is 12.8 Å². The maximum Gasteiger partial charge on any atom is 0.342 e. The average Bonchev–Trinajstić information content (AvgIpc) is 3.18. The van der Waals surface area contributed by atoms with Crippen LogP contribution in [-0.2, 0) is 0 Å². The first-order valence-electron chi connectivity index (χ1n) is 9.61. The van der Waals surface area contributed by atoms with Gasteiger partial charge in [0.05, 0.1) is 17.2 Å². The maximum absolute atomic E-state index is 13.2. The van der Waals surface area contributed by atoms with E-state index in [0.717, 1.165) is 32.6 Å². The lowest BCUT2D eigenvalue weighted by atomic mass is 9.82. The summed E-state index contributed by atoms with van der Waals surface area (Å²) >= 11 is 1.74. The Morgan fingerprint density at radius 1 is 0.862 bits per heavy atom. The van der Waals surface area contributed by atoms with Gasteiger partial charge in [0.25, 0.3) is 0 Å². The third-order valence-electron chi connectivity index (χ3n) is 5.70. The fourth-order valence-electron chi connectivity index (χ4n) is 4.45. The lowest BCUT2D eigenvalue weighted by molar-refractivity contribution is 0.549. The highest BCUT2D eigenvalue weighted by atomic mass is 32.1. The number of para-hydroxylation sites is 1. The van der Waals surface area contributed by atoms with E-state index in [2.05, 4.69) is 54.7 Å². The largest absolute Gasteiger partial charge is 0.422 e. The predicted octanol–water partition coefficient (Wildman–Crippen LogP) is 6.55. The van der Waals surface area contributed by atoms with E-state index in [1.54, 1.807) is 11.3 Å². The van der Waals surface area contributed by atoms with E-state index < -0.39 is 0 Å². The summed E-state index contributed by atoms with van der Waals surface area (Å²) in [7, 11) is 0. The van der Waals surface area contributed by atoms with Crippen LogP contribution in [0.5, 0.6) is 0 Å². The van der Waals surface area contributed by atoms with Crippen LogP contribution in [0, 0.1) is 6.92 Å². The van der Waals surface area contributed by atoms with Crippen molar-refractivity contribution >= 4 is 44.5 Å². The van der Waals surface area contributed by atoms with Gasteiger partial charge in [-0.2, -0.15) is 0 Å². The molecule has 0 saturated heterocycles. The Hall–Kier alpha value is -3.37. The van der Waals surface area contributed by atoms with Crippen molar-refractivity contribution in [2.75, 3.05) is 5.32 Å². The van der Waals surface area contributed by atoms with E-state index >= 15 is 0 Å². The maximum atomic E-state index is 13.2. The van der Waals surface area contributed by atoms with E-state index in [-0.39, 0.29) is 11.5 Å². The summed E-state index contributed by atoms with van der Waals surface area (Å²) in [5.74, 6) is -0.160. The molecule has 1 atom stereocenters. The Kier molecular flexibility index (Phi) is 3.46. The third-order valence-corrected chi connectivity index (χ3v) is 6.77. The zero-order valence-electron chi connectivity index (χ0n) is 15.7. The molecule has 3 aromatic carbocycles. The van der Waals surface area contributed by atoms with Gasteiger partial charge in [0, 0.05) is 20.8 Å². The normalized spacial score (nSPS) is 15.1. The standard InChI is InChI=1S/C25H17NO2S/c1-14-10-13-20(29-14)22-21-16-7-3-2-6-15(16)11-12-18(21)26-24-17-8-4-5-9-19(17)28-25(27)23(22)24/h2-13,22,26H,1H3. The quantitative estimate of drug-likeness (QED) is 0.321. The van der Waals surface area contributed by atoms with Crippen LogP contribution in [0.15, 0.2) is 82.0 Å². The van der Waals surface area contributed by atoms with Crippen molar-refractivity contribution in [1.29, 1.82) is 0 Å². The van der Waals surface area contributed by atoms with Crippen LogP contribution in [0.25, 0.3) is 21.7 Å². The Bertz CT molecular complexity index is 1480. The van der Waals surface area contributed by atoms with Crippen LogP contribution >= 0.6 is 11.3 Å². The van der Waals surface area contributed by atoms with Crippen molar-refractivity contribution < 1.29 is 4.42 Å². The minimum absolute atomic E-state index is 0.160. The molecule has 140 valence electrons. The first-order valence-corrected chi connectivity index (χ1v) is 10.4. The molecular formula is C25H17NO2S. The summed E-state index contributed by atoms with van der Waals surface area (Å²) in [6, 6.07) is 24.6. The van der Waals surface area contributed by atoms with Gasteiger partial charge in [-0.05, 0) is 53.6 Å². The molecule has 3 heterocycles. The number of fused-ring (bicyclic) bond motifs is 6. The minimum Gasteiger partial charge on any atom is -0.422 e. The first kappa shape index (κ1) is 16.6. The highest BCUT2D eigenvalue weighted by Gasteiger charge is 2.34. The summed E-state index contributed by atoms with van der Waals surface area (Å²) in [6.45, 7) is 2.10. The summed E-state index contributed by atoms with van der Waals surface area (Å²) in [5, 5.41) is 6.82. The zero-order valence-corrected chi connectivity index (χ0v) is 16.5. The van der Waals surface area contributed by atoms with Gasteiger partial charge in [-0.25, -0.2) is 4.79 Å². The number of rotatable bonds is 1. The van der Waals surface area contributed by atoms with Crippen molar-refractivity contribution in [2.24, 2.45) is 0 Å². The second-order valence-corrected chi connectivity index (χ2v) is 8.75. The molecule has 1 unspecified atom stereocenters. The number of anilines is 2. The highest BCUT2D eigenvalue weighted by molar-refractivity contribution is 7.12. The van der Waals surface area contributed by atoms with Crippen LogP contribution in [-0.4, -0.2) is 0 Å². The van der Waals surface area contributed by atoms with E-state index in [9.17, 15) is 4.79 Å². The molecule has 3 nitrogen and oxygen atoms in total. The fraction of sp³-hybridized carbons (Fsp3) is 0.0800. The van der Waals surface area contributed by atoms with Gasteiger partial charge in [0.2, 0.25) is 0 Å². The molecule has 0 saturated carbocycles. The molecule has 0 amide bonds. The SMILES string of the molecule is Cc1ccc(C2c3c(c4ccccc4oc3=O)Nc3ccc4ccccc4c32)s1. The van der Waals surface area contributed by atoms with Crippen molar-refractivity contribution in [3.63, 3.8) is 0 Å². The number of thiophene rings is 1.